The lowest BCUT2D eigenvalue weighted by atomic mass is 10.1. The van der Waals surface area contributed by atoms with Gasteiger partial charge in [-0.05, 0) is 24.2 Å². The number of aliphatic hydroxyl groups is 1. The first-order chi connectivity index (χ1) is 14.5. The maximum atomic E-state index is 12.6. The summed E-state index contributed by atoms with van der Waals surface area (Å²) in [4.78, 5) is 26.9. The van der Waals surface area contributed by atoms with E-state index in [0.717, 1.165) is 11.1 Å². The van der Waals surface area contributed by atoms with Gasteiger partial charge >= 0.3 is 0 Å². The molecular weight excluding hydrogens is 380 g/mol. The summed E-state index contributed by atoms with van der Waals surface area (Å²) in [6.07, 6.45) is 1.58. The zero-order chi connectivity index (χ0) is 21.3. The van der Waals surface area contributed by atoms with Gasteiger partial charge in [0.25, 0.3) is 5.56 Å². The van der Waals surface area contributed by atoms with Gasteiger partial charge in [0.15, 0.2) is 5.78 Å². The Balaban J connectivity index is 1.59. The monoisotopic (exact) mass is 406 g/mol. The third-order valence-electron chi connectivity index (χ3n) is 4.74. The molecule has 0 bridgehead atoms. The van der Waals surface area contributed by atoms with Gasteiger partial charge in [0.05, 0.1) is 13.2 Å². The first-order valence-electron chi connectivity index (χ1n) is 9.84. The van der Waals surface area contributed by atoms with Gasteiger partial charge in [0, 0.05) is 30.9 Å². The van der Waals surface area contributed by atoms with Gasteiger partial charge in [-0.25, -0.2) is 0 Å². The van der Waals surface area contributed by atoms with E-state index in [-0.39, 0.29) is 24.5 Å². The van der Waals surface area contributed by atoms with Crippen LogP contribution in [0.5, 0.6) is 5.75 Å². The van der Waals surface area contributed by atoms with Crippen molar-refractivity contribution in [3.8, 4) is 5.75 Å². The number of aliphatic hydroxyl groups excluding tert-OH is 1. The lowest BCUT2D eigenvalue weighted by Gasteiger charge is -2.15. The molecule has 0 atom stereocenters. The van der Waals surface area contributed by atoms with Gasteiger partial charge in [-0.3, -0.25) is 14.5 Å². The third-order valence-corrected chi connectivity index (χ3v) is 4.74. The molecule has 0 aliphatic rings. The number of ether oxygens (including phenoxy) is 1. The molecule has 1 heterocycles. The molecule has 3 aromatic rings. The van der Waals surface area contributed by atoms with Crippen LogP contribution in [0.2, 0.25) is 0 Å². The van der Waals surface area contributed by atoms with Crippen molar-refractivity contribution >= 4 is 5.78 Å². The molecule has 6 heteroatoms. The molecule has 0 aliphatic heterocycles. The SMILES string of the molecule is CN(CCO)Cc1ccc(C(=O)Cn2ccc(OCc3ccccc3)cc2=O)cc1. The van der Waals surface area contributed by atoms with Crippen molar-refractivity contribution in [1.82, 2.24) is 9.47 Å². The molecule has 156 valence electrons. The van der Waals surface area contributed by atoms with Crippen molar-refractivity contribution in [3.05, 3.63) is 100.0 Å². The van der Waals surface area contributed by atoms with E-state index in [0.29, 0.717) is 31.0 Å². The van der Waals surface area contributed by atoms with E-state index in [1.54, 1.807) is 24.4 Å². The first-order valence-corrected chi connectivity index (χ1v) is 9.84. The molecule has 6 nitrogen and oxygen atoms in total. The molecule has 1 aromatic heterocycles. The maximum Gasteiger partial charge on any atom is 0.254 e. The predicted octanol–water partition coefficient (Wildman–Crippen LogP) is 2.73. The minimum atomic E-state index is -0.281. The number of Topliss-reactive ketones (excluding diaryl/α,β-unsaturated/α-hetero) is 1. The molecule has 0 spiro atoms. The number of pyridine rings is 1. The zero-order valence-corrected chi connectivity index (χ0v) is 17.0. The van der Waals surface area contributed by atoms with E-state index in [9.17, 15) is 9.59 Å². The van der Waals surface area contributed by atoms with Crippen molar-refractivity contribution in [1.29, 1.82) is 0 Å². The summed E-state index contributed by atoms with van der Waals surface area (Å²) in [5.74, 6) is 0.342. The Kier molecular flexibility index (Phi) is 7.54. The molecule has 3 rings (SSSR count). The van der Waals surface area contributed by atoms with E-state index in [1.807, 2.05) is 54.4 Å². The van der Waals surface area contributed by atoms with Crippen LogP contribution in [-0.2, 0) is 19.7 Å². The minimum absolute atomic E-state index is 0.0262. The molecule has 1 N–H and O–H groups in total. The Hall–Kier alpha value is -3.22. The second-order valence-corrected chi connectivity index (χ2v) is 7.18. The van der Waals surface area contributed by atoms with E-state index in [2.05, 4.69) is 0 Å². The van der Waals surface area contributed by atoms with Gasteiger partial charge < -0.3 is 14.4 Å². The van der Waals surface area contributed by atoms with Crippen LogP contribution in [-0.4, -0.2) is 40.6 Å². The number of carbonyl (C=O) groups is 1. The van der Waals surface area contributed by atoms with Crippen LogP contribution in [0.25, 0.3) is 0 Å². The highest BCUT2D eigenvalue weighted by Gasteiger charge is 2.09. The van der Waals surface area contributed by atoms with Crippen LogP contribution in [0.1, 0.15) is 21.5 Å². The van der Waals surface area contributed by atoms with Gasteiger partial charge in [0.1, 0.15) is 12.4 Å². The van der Waals surface area contributed by atoms with Crippen molar-refractivity contribution in [2.75, 3.05) is 20.2 Å². The molecule has 2 aromatic carbocycles. The number of ketones is 1. The molecule has 30 heavy (non-hydrogen) atoms. The van der Waals surface area contributed by atoms with Crippen molar-refractivity contribution in [2.45, 2.75) is 19.7 Å². The highest BCUT2D eigenvalue weighted by atomic mass is 16.5. The molecule has 0 saturated heterocycles. The highest BCUT2D eigenvalue weighted by Crippen LogP contribution is 2.11. The molecular formula is C24H26N2O4. The summed E-state index contributed by atoms with van der Waals surface area (Å²) in [5.41, 5.74) is 2.35. The third kappa shape index (κ3) is 6.14. The smallest absolute Gasteiger partial charge is 0.254 e. The maximum absolute atomic E-state index is 12.6. The van der Waals surface area contributed by atoms with Crippen LogP contribution in [0, 0.1) is 0 Å². The number of hydrogen-bond acceptors (Lipinski definition) is 5. The Labute approximate surface area is 176 Å². The number of carbonyl (C=O) groups excluding carboxylic acids is 1. The largest absolute Gasteiger partial charge is 0.489 e. The number of nitrogens with zero attached hydrogens (tertiary/aromatic N) is 2. The predicted molar refractivity (Wildman–Crippen MR) is 116 cm³/mol. The van der Waals surface area contributed by atoms with Gasteiger partial charge in [-0.15, -0.1) is 0 Å². The number of hydrogen-bond donors (Lipinski definition) is 1. The first kappa shape index (κ1) is 21.5. The topological polar surface area (TPSA) is 71.8 Å². The van der Waals surface area contributed by atoms with Crippen molar-refractivity contribution < 1.29 is 14.6 Å². The van der Waals surface area contributed by atoms with Crippen molar-refractivity contribution in [2.24, 2.45) is 0 Å². The summed E-state index contributed by atoms with van der Waals surface area (Å²) in [7, 11) is 1.93. The van der Waals surface area contributed by atoms with Crippen LogP contribution < -0.4 is 10.3 Å². The number of likely N-dealkylation sites (N-methyl/N-ethyl adjacent to an activating group) is 1. The molecule has 0 aliphatic carbocycles. The second kappa shape index (κ2) is 10.5. The number of aromatic nitrogens is 1. The normalized spacial score (nSPS) is 10.9. The van der Waals surface area contributed by atoms with Crippen LogP contribution >= 0.6 is 0 Å². The Morgan fingerprint density at radius 2 is 1.77 bits per heavy atom. The second-order valence-electron chi connectivity index (χ2n) is 7.18. The van der Waals surface area contributed by atoms with Gasteiger partial charge in [0.2, 0.25) is 0 Å². The van der Waals surface area contributed by atoms with Gasteiger partial charge in [-0.1, -0.05) is 54.6 Å². The van der Waals surface area contributed by atoms with E-state index < -0.39 is 0 Å². The Morgan fingerprint density at radius 3 is 2.43 bits per heavy atom. The minimum Gasteiger partial charge on any atom is -0.489 e. The van der Waals surface area contributed by atoms with E-state index >= 15 is 0 Å². The lowest BCUT2D eigenvalue weighted by molar-refractivity contribution is 0.0970. The Bertz CT molecular complexity index is 1010. The van der Waals surface area contributed by atoms with Crippen LogP contribution in [0.4, 0.5) is 0 Å². The highest BCUT2D eigenvalue weighted by molar-refractivity contribution is 5.95. The van der Waals surface area contributed by atoms with Crippen LogP contribution in [0.3, 0.4) is 0 Å². The number of benzene rings is 2. The molecule has 0 saturated carbocycles. The van der Waals surface area contributed by atoms with Gasteiger partial charge in [-0.2, -0.15) is 0 Å². The fraction of sp³-hybridized carbons (Fsp3) is 0.250. The summed E-state index contributed by atoms with van der Waals surface area (Å²) in [6, 6.07) is 20.1. The molecule has 0 radical (unpaired) electrons. The van der Waals surface area contributed by atoms with E-state index in [4.69, 9.17) is 9.84 Å². The average Bonchev–Trinajstić information content (AvgIpc) is 2.75. The number of rotatable bonds is 10. The zero-order valence-electron chi connectivity index (χ0n) is 17.0. The summed E-state index contributed by atoms with van der Waals surface area (Å²) in [6.45, 7) is 1.75. The standard InChI is InChI=1S/C24H26N2O4/c1-25(13-14-27)16-19-7-9-21(10-8-19)23(28)17-26-12-11-22(15-24(26)29)30-18-20-5-3-2-4-6-20/h2-12,15,27H,13-14,16-18H2,1H3. The fourth-order valence-electron chi connectivity index (χ4n) is 3.05. The van der Waals surface area contributed by atoms with Crippen LogP contribution in [0.15, 0.2) is 77.7 Å². The molecule has 0 amide bonds. The quantitative estimate of drug-likeness (QED) is 0.524. The lowest BCUT2D eigenvalue weighted by Crippen LogP contribution is -2.23. The summed E-state index contributed by atoms with van der Waals surface area (Å²) >= 11 is 0. The summed E-state index contributed by atoms with van der Waals surface area (Å²) in [5, 5.41) is 8.97. The molecule has 0 unspecified atom stereocenters. The Morgan fingerprint density at radius 1 is 1.03 bits per heavy atom. The molecule has 0 fully saturated rings. The van der Waals surface area contributed by atoms with Crippen molar-refractivity contribution in [3.63, 3.8) is 0 Å². The average molecular weight is 406 g/mol. The fourth-order valence-corrected chi connectivity index (χ4v) is 3.05. The van der Waals surface area contributed by atoms with E-state index in [1.165, 1.54) is 10.6 Å². The summed E-state index contributed by atoms with van der Waals surface area (Å²) < 4.78 is 7.04.